The third-order valence-corrected chi connectivity index (χ3v) is 3.70. The summed E-state index contributed by atoms with van der Waals surface area (Å²) in [5.74, 6) is 0.867. The summed E-state index contributed by atoms with van der Waals surface area (Å²) in [6.45, 7) is 4.64. The van der Waals surface area contributed by atoms with Gasteiger partial charge in [-0.05, 0) is 51.6 Å². The lowest BCUT2D eigenvalue weighted by Crippen LogP contribution is -2.25. The number of rotatable bonds is 9. The van der Waals surface area contributed by atoms with E-state index >= 15 is 0 Å². The highest BCUT2D eigenvalue weighted by Gasteiger charge is 2.12. The fourth-order valence-corrected chi connectivity index (χ4v) is 2.63. The van der Waals surface area contributed by atoms with E-state index in [-0.39, 0.29) is 5.97 Å². The fraction of sp³-hybridized carbons (Fsp3) is 0.933. The van der Waals surface area contributed by atoms with E-state index in [2.05, 4.69) is 5.32 Å². The van der Waals surface area contributed by atoms with Crippen LogP contribution in [0.3, 0.4) is 0 Å². The van der Waals surface area contributed by atoms with Crippen molar-refractivity contribution in [1.29, 1.82) is 0 Å². The highest BCUT2D eigenvalue weighted by atomic mass is 16.5. The van der Waals surface area contributed by atoms with E-state index in [1.165, 1.54) is 45.1 Å². The summed E-state index contributed by atoms with van der Waals surface area (Å²) in [6, 6.07) is 0. The monoisotopic (exact) mass is 255 g/mol. The molecule has 0 aromatic rings. The van der Waals surface area contributed by atoms with Crippen LogP contribution < -0.4 is 5.32 Å². The first kappa shape index (κ1) is 15.5. The summed E-state index contributed by atoms with van der Waals surface area (Å²) >= 11 is 0. The van der Waals surface area contributed by atoms with Gasteiger partial charge in [0.2, 0.25) is 0 Å². The molecule has 106 valence electrons. The zero-order valence-electron chi connectivity index (χ0n) is 11.9. The molecule has 0 bridgehead atoms. The summed E-state index contributed by atoms with van der Waals surface area (Å²) in [5, 5.41) is 3.55. The molecule has 18 heavy (non-hydrogen) atoms. The lowest BCUT2D eigenvalue weighted by atomic mass is 9.89. The van der Waals surface area contributed by atoms with Crippen molar-refractivity contribution in [1.82, 2.24) is 5.32 Å². The standard InChI is InChI=1S/C15H29NO2/c1-2-18-15(17)11-7-4-8-12-16-13-14-9-5-3-6-10-14/h14,16H,2-13H2,1H3. The Hall–Kier alpha value is -0.570. The lowest BCUT2D eigenvalue weighted by molar-refractivity contribution is -0.143. The molecule has 1 aliphatic rings. The quantitative estimate of drug-likeness (QED) is 0.507. The molecule has 0 heterocycles. The van der Waals surface area contributed by atoms with E-state index in [1.807, 2.05) is 6.92 Å². The van der Waals surface area contributed by atoms with Gasteiger partial charge in [-0.15, -0.1) is 0 Å². The van der Waals surface area contributed by atoms with Crippen molar-refractivity contribution in [2.45, 2.75) is 64.7 Å². The number of unbranched alkanes of at least 4 members (excludes halogenated alkanes) is 2. The second-order valence-corrected chi connectivity index (χ2v) is 5.32. The van der Waals surface area contributed by atoms with Crippen LogP contribution in [0.1, 0.15) is 64.7 Å². The second kappa shape index (κ2) is 10.4. The van der Waals surface area contributed by atoms with Gasteiger partial charge in [-0.2, -0.15) is 0 Å². The summed E-state index contributed by atoms with van der Waals surface area (Å²) < 4.78 is 4.89. The Kier molecular flexibility index (Phi) is 8.92. The molecule has 1 fully saturated rings. The fourth-order valence-electron chi connectivity index (χ4n) is 2.63. The number of carbonyl (C=O) groups excluding carboxylic acids is 1. The Balaban J connectivity index is 1.82. The number of hydrogen-bond acceptors (Lipinski definition) is 3. The number of nitrogens with one attached hydrogen (secondary N) is 1. The van der Waals surface area contributed by atoms with Gasteiger partial charge in [-0.1, -0.05) is 25.7 Å². The predicted octanol–water partition coefficient (Wildman–Crippen LogP) is 3.28. The Morgan fingerprint density at radius 1 is 1.17 bits per heavy atom. The molecule has 0 aromatic heterocycles. The van der Waals surface area contributed by atoms with Gasteiger partial charge < -0.3 is 10.1 Å². The molecule has 1 saturated carbocycles. The Morgan fingerprint density at radius 2 is 1.94 bits per heavy atom. The maximum Gasteiger partial charge on any atom is 0.305 e. The first-order valence-electron chi connectivity index (χ1n) is 7.69. The van der Waals surface area contributed by atoms with Gasteiger partial charge in [0.05, 0.1) is 6.61 Å². The van der Waals surface area contributed by atoms with Crippen LogP contribution in [0.5, 0.6) is 0 Å². The van der Waals surface area contributed by atoms with Crippen LogP contribution in [0.25, 0.3) is 0 Å². The van der Waals surface area contributed by atoms with Crippen molar-refractivity contribution in [2.24, 2.45) is 5.92 Å². The molecular formula is C15H29NO2. The van der Waals surface area contributed by atoms with Crippen molar-refractivity contribution in [3.05, 3.63) is 0 Å². The summed E-state index contributed by atoms with van der Waals surface area (Å²) in [5.41, 5.74) is 0. The first-order valence-corrected chi connectivity index (χ1v) is 7.69. The highest BCUT2D eigenvalue weighted by Crippen LogP contribution is 2.22. The minimum atomic E-state index is -0.0485. The van der Waals surface area contributed by atoms with Crippen LogP contribution in [-0.2, 0) is 9.53 Å². The van der Waals surface area contributed by atoms with Crippen LogP contribution in [0, 0.1) is 5.92 Å². The molecule has 0 atom stereocenters. The molecule has 0 radical (unpaired) electrons. The van der Waals surface area contributed by atoms with Gasteiger partial charge in [-0.3, -0.25) is 4.79 Å². The first-order chi connectivity index (χ1) is 8.83. The molecule has 0 aromatic carbocycles. The van der Waals surface area contributed by atoms with E-state index in [0.717, 1.165) is 25.3 Å². The molecule has 0 unspecified atom stereocenters. The van der Waals surface area contributed by atoms with Gasteiger partial charge in [0.25, 0.3) is 0 Å². The molecule has 3 nitrogen and oxygen atoms in total. The third kappa shape index (κ3) is 7.70. The van der Waals surface area contributed by atoms with Crippen LogP contribution >= 0.6 is 0 Å². The molecule has 1 rings (SSSR count). The van der Waals surface area contributed by atoms with E-state index < -0.39 is 0 Å². The number of hydrogen-bond donors (Lipinski definition) is 1. The van der Waals surface area contributed by atoms with Crippen LogP contribution in [0.4, 0.5) is 0 Å². The Labute approximate surface area is 112 Å². The molecule has 1 N–H and O–H groups in total. The topological polar surface area (TPSA) is 38.3 Å². The zero-order valence-corrected chi connectivity index (χ0v) is 11.9. The van der Waals surface area contributed by atoms with Gasteiger partial charge >= 0.3 is 5.97 Å². The van der Waals surface area contributed by atoms with E-state index in [0.29, 0.717) is 13.0 Å². The minimum Gasteiger partial charge on any atom is -0.466 e. The highest BCUT2D eigenvalue weighted by molar-refractivity contribution is 5.69. The molecule has 0 aliphatic heterocycles. The maximum absolute atomic E-state index is 11.1. The molecule has 0 spiro atoms. The van der Waals surface area contributed by atoms with Gasteiger partial charge in [0.1, 0.15) is 0 Å². The largest absolute Gasteiger partial charge is 0.466 e. The van der Waals surface area contributed by atoms with E-state index in [1.54, 1.807) is 0 Å². The minimum absolute atomic E-state index is 0.0485. The normalized spacial score (nSPS) is 16.7. The molecule has 3 heteroatoms. The summed E-state index contributed by atoms with van der Waals surface area (Å²) in [4.78, 5) is 11.1. The van der Waals surface area contributed by atoms with Crippen molar-refractivity contribution in [2.75, 3.05) is 19.7 Å². The SMILES string of the molecule is CCOC(=O)CCCCCNCC1CCCCC1. The van der Waals surface area contributed by atoms with E-state index in [4.69, 9.17) is 4.74 Å². The summed E-state index contributed by atoms with van der Waals surface area (Å²) in [6.07, 6.45) is 10.9. The average Bonchev–Trinajstić information content (AvgIpc) is 2.39. The Morgan fingerprint density at radius 3 is 2.67 bits per heavy atom. The molecule has 0 amide bonds. The predicted molar refractivity (Wildman–Crippen MR) is 74.5 cm³/mol. The van der Waals surface area contributed by atoms with E-state index in [9.17, 15) is 4.79 Å². The summed E-state index contributed by atoms with van der Waals surface area (Å²) in [7, 11) is 0. The average molecular weight is 255 g/mol. The van der Waals surface area contributed by atoms with Crippen molar-refractivity contribution in [3.8, 4) is 0 Å². The number of carbonyl (C=O) groups is 1. The number of ether oxygens (including phenoxy) is 1. The van der Waals surface area contributed by atoms with Crippen LogP contribution in [0.15, 0.2) is 0 Å². The van der Waals surface area contributed by atoms with Gasteiger partial charge in [0.15, 0.2) is 0 Å². The van der Waals surface area contributed by atoms with Crippen molar-refractivity contribution < 1.29 is 9.53 Å². The smallest absolute Gasteiger partial charge is 0.305 e. The molecular weight excluding hydrogens is 226 g/mol. The van der Waals surface area contributed by atoms with Crippen molar-refractivity contribution >= 4 is 5.97 Å². The zero-order chi connectivity index (χ0) is 13.1. The van der Waals surface area contributed by atoms with Gasteiger partial charge in [-0.25, -0.2) is 0 Å². The molecule has 1 aliphatic carbocycles. The maximum atomic E-state index is 11.1. The Bertz CT molecular complexity index is 213. The number of esters is 1. The lowest BCUT2D eigenvalue weighted by Gasteiger charge is -2.21. The second-order valence-electron chi connectivity index (χ2n) is 5.32. The van der Waals surface area contributed by atoms with Gasteiger partial charge in [0, 0.05) is 6.42 Å². The van der Waals surface area contributed by atoms with Crippen LogP contribution in [0.2, 0.25) is 0 Å². The third-order valence-electron chi connectivity index (χ3n) is 3.70. The van der Waals surface area contributed by atoms with Crippen molar-refractivity contribution in [3.63, 3.8) is 0 Å². The van der Waals surface area contributed by atoms with Crippen LogP contribution in [-0.4, -0.2) is 25.7 Å². The molecule has 0 saturated heterocycles.